The lowest BCUT2D eigenvalue weighted by atomic mass is 10.1. The number of esters is 1. The molecule has 0 fully saturated rings. The second-order valence-corrected chi connectivity index (χ2v) is 4.35. The van der Waals surface area contributed by atoms with E-state index in [0.717, 1.165) is 5.39 Å². The Hall–Kier alpha value is -2.50. The maximum Gasteiger partial charge on any atom is 0.305 e. The van der Waals surface area contributed by atoms with Crippen molar-refractivity contribution in [2.24, 2.45) is 0 Å². The van der Waals surface area contributed by atoms with E-state index < -0.39 is 5.97 Å². The third kappa shape index (κ3) is 3.16. The third-order valence-corrected chi connectivity index (χ3v) is 3.08. The van der Waals surface area contributed by atoms with Gasteiger partial charge in [-0.15, -0.1) is 0 Å². The molecule has 0 spiro atoms. The molecule has 2 rings (SSSR count). The third-order valence-electron chi connectivity index (χ3n) is 3.08. The van der Waals surface area contributed by atoms with Gasteiger partial charge in [-0.05, 0) is 12.1 Å². The van der Waals surface area contributed by atoms with Crippen LogP contribution in [-0.2, 0) is 9.53 Å². The number of carbonyl (C=O) groups is 2. The molecule has 1 heterocycles. The normalized spacial score (nSPS) is 10.4. The zero-order valence-electron chi connectivity index (χ0n) is 12.1. The number of ketones is 1. The Morgan fingerprint density at radius 2 is 1.67 bits per heavy atom. The number of hydrogen-bond donors (Lipinski definition) is 0. The predicted octanol–water partition coefficient (Wildman–Crippen LogP) is 2.59. The summed E-state index contributed by atoms with van der Waals surface area (Å²) in [6, 6.07) is 5.01. The van der Waals surface area contributed by atoms with E-state index in [2.05, 4.69) is 4.74 Å². The summed E-state index contributed by atoms with van der Waals surface area (Å²) in [6.07, 6.45) is 0.0692. The van der Waals surface area contributed by atoms with Gasteiger partial charge >= 0.3 is 5.97 Å². The van der Waals surface area contributed by atoms with Crippen LogP contribution in [0.15, 0.2) is 22.6 Å². The van der Waals surface area contributed by atoms with Gasteiger partial charge in [0.05, 0.1) is 27.8 Å². The summed E-state index contributed by atoms with van der Waals surface area (Å²) in [5.74, 6) is 0.591. The smallest absolute Gasteiger partial charge is 0.305 e. The molecule has 0 radical (unpaired) electrons. The molecule has 0 atom stereocenters. The Labute approximate surface area is 121 Å². The van der Waals surface area contributed by atoms with Gasteiger partial charge < -0.3 is 18.6 Å². The van der Waals surface area contributed by atoms with Gasteiger partial charge in [-0.1, -0.05) is 0 Å². The maximum absolute atomic E-state index is 12.0. The second kappa shape index (κ2) is 6.30. The quantitative estimate of drug-likeness (QED) is 0.601. The van der Waals surface area contributed by atoms with E-state index in [-0.39, 0.29) is 24.4 Å². The highest BCUT2D eigenvalue weighted by atomic mass is 16.5. The van der Waals surface area contributed by atoms with Gasteiger partial charge in [-0.25, -0.2) is 0 Å². The number of hydrogen-bond acceptors (Lipinski definition) is 6. The standard InChI is InChI=1S/C15H16O6/c1-18-13-7-9-6-12(10(16)4-5-15(17)20-3)21-11(9)8-14(13)19-2/h6-8H,4-5H2,1-3H3. The Bertz CT molecular complexity index is 629. The first-order chi connectivity index (χ1) is 10.1. The number of Topliss-reactive ketones (excluding diaryl/α,β-unsaturated/α-hetero) is 1. The number of fused-ring (bicyclic) bond motifs is 1. The molecular formula is C15H16O6. The first-order valence-electron chi connectivity index (χ1n) is 6.34. The maximum atomic E-state index is 12.0. The van der Waals surface area contributed by atoms with E-state index in [1.54, 1.807) is 18.2 Å². The molecule has 6 nitrogen and oxygen atoms in total. The van der Waals surface area contributed by atoms with Gasteiger partial charge in [0.15, 0.2) is 23.0 Å². The Morgan fingerprint density at radius 1 is 1.00 bits per heavy atom. The van der Waals surface area contributed by atoms with Crippen LogP contribution < -0.4 is 9.47 Å². The Kier molecular flexibility index (Phi) is 4.47. The zero-order chi connectivity index (χ0) is 15.4. The van der Waals surface area contributed by atoms with Gasteiger partial charge in [0.25, 0.3) is 0 Å². The van der Waals surface area contributed by atoms with Crippen molar-refractivity contribution in [1.29, 1.82) is 0 Å². The Balaban J connectivity index is 2.26. The van der Waals surface area contributed by atoms with E-state index in [4.69, 9.17) is 13.9 Å². The van der Waals surface area contributed by atoms with Crippen molar-refractivity contribution in [2.45, 2.75) is 12.8 Å². The largest absolute Gasteiger partial charge is 0.493 e. The summed E-state index contributed by atoms with van der Waals surface area (Å²) in [4.78, 5) is 23.0. The minimum atomic E-state index is -0.428. The number of rotatable bonds is 6. The topological polar surface area (TPSA) is 75.0 Å². The zero-order valence-corrected chi connectivity index (χ0v) is 12.1. The van der Waals surface area contributed by atoms with Crippen LogP contribution in [0.4, 0.5) is 0 Å². The molecule has 0 N–H and O–H groups in total. The second-order valence-electron chi connectivity index (χ2n) is 4.35. The first-order valence-corrected chi connectivity index (χ1v) is 6.34. The molecule has 0 amide bonds. The molecule has 2 aromatic rings. The average Bonchev–Trinajstić information content (AvgIpc) is 2.93. The lowest BCUT2D eigenvalue weighted by Gasteiger charge is -2.06. The Morgan fingerprint density at radius 3 is 2.29 bits per heavy atom. The van der Waals surface area contributed by atoms with Crippen LogP contribution in [0.25, 0.3) is 11.0 Å². The van der Waals surface area contributed by atoms with Crippen LogP contribution in [-0.4, -0.2) is 33.1 Å². The number of carbonyl (C=O) groups excluding carboxylic acids is 2. The van der Waals surface area contributed by atoms with Crippen molar-refractivity contribution >= 4 is 22.7 Å². The molecule has 6 heteroatoms. The van der Waals surface area contributed by atoms with Crippen molar-refractivity contribution in [3.63, 3.8) is 0 Å². The van der Waals surface area contributed by atoms with Crippen LogP contribution in [0.5, 0.6) is 11.5 Å². The van der Waals surface area contributed by atoms with Gasteiger partial charge in [-0.3, -0.25) is 9.59 Å². The fraction of sp³-hybridized carbons (Fsp3) is 0.333. The van der Waals surface area contributed by atoms with Crippen molar-refractivity contribution < 1.29 is 28.2 Å². The first kappa shape index (κ1) is 14.9. The SMILES string of the molecule is COC(=O)CCC(=O)c1cc2cc(OC)c(OC)cc2o1. The molecule has 0 bridgehead atoms. The summed E-state index contributed by atoms with van der Waals surface area (Å²) in [6.45, 7) is 0. The van der Waals surface area contributed by atoms with Gasteiger partial charge in [-0.2, -0.15) is 0 Å². The highest BCUT2D eigenvalue weighted by Gasteiger charge is 2.16. The van der Waals surface area contributed by atoms with Gasteiger partial charge in [0, 0.05) is 17.9 Å². The summed E-state index contributed by atoms with van der Waals surface area (Å²) in [5.41, 5.74) is 0.522. The van der Waals surface area contributed by atoms with Crippen LogP contribution in [0.2, 0.25) is 0 Å². The molecule has 0 aliphatic rings. The van der Waals surface area contributed by atoms with Crippen molar-refractivity contribution in [3.8, 4) is 11.5 Å². The van der Waals surface area contributed by atoms with Crippen LogP contribution in [0.3, 0.4) is 0 Å². The van der Waals surface area contributed by atoms with Crippen molar-refractivity contribution in [1.82, 2.24) is 0 Å². The van der Waals surface area contributed by atoms with Crippen LogP contribution >= 0.6 is 0 Å². The lowest BCUT2D eigenvalue weighted by Crippen LogP contribution is -2.05. The number of benzene rings is 1. The molecular weight excluding hydrogens is 276 g/mol. The predicted molar refractivity (Wildman–Crippen MR) is 74.9 cm³/mol. The van der Waals surface area contributed by atoms with E-state index in [0.29, 0.717) is 17.1 Å². The van der Waals surface area contributed by atoms with E-state index in [1.807, 2.05) is 0 Å². The van der Waals surface area contributed by atoms with E-state index >= 15 is 0 Å². The van der Waals surface area contributed by atoms with E-state index in [9.17, 15) is 9.59 Å². The molecule has 0 saturated carbocycles. The highest BCUT2D eigenvalue weighted by molar-refractivity contribution is 5.99. The molecule has 0 aliphatic heterocycles. The fourth-order valence-corrected chi connectivity index (χ4v) is 1.94. The average molecular weight is 292 g/mol. The number of furan rings is 1. The molecule has 112 valence electrons. The summed E-state index contributed by atoms with van der Waals surface area (Å²) in [5, 5.41) is 0.731. The van der Waals surface area contributed by atoms with E-state index in [1.165, 1.54) is 21.3 Å². The molecule has 0 aliphatic carbocycles. The van der Waals surface area contributed by atoms with Crippen LogP contribution in [0, 0.1) is 0 Å². The number of ether oxygens (including phenoxy) is 3. The summed E-state index contributed by atoms with van der Waals surface area (Å²) < 4.78 is 20.4. The minimum absolute atomic E-state index is 0.0268. The number of methoxy groups -OCH3 is 3. The highest BCUT2D eigenvalue weighted by Crippen LogP contribution is 2.33. The fourth-order valence-electron chi connectivity index (χ4n) is 1.94. The van der Waals surface area contributed by atoms with Gasteiger partial charge in [0.1, 0.15) is 5.58 Å². The molecule has 1 aromatic heterocycles. The molecule has 0 saturated heterocycles. The monoisotopic (exact) mass is 292 g/mol. The summed E-state index contributed by atoms with van der Waals surface area (Å²) in [7, 11) is 4.34. The summed E-state index contributed by atoms with van der Waals surface area (Å²) >= 11 is 0. The van der Waals surface area contributed by atoms with Crippen molar-refractivity contribution in [3.05, 3.63) is 24.0 Å². The lowest BCUT2D eigenvalue weighted by molar-refractivity contribution is -0.140. The van der Waals surface area contributed by atoms with Crippen LogP contribution in [0.1, 0.15) is 23.4 Å². The minimum Gasteiger partial charge on any atom is -0.493 e. The molecule has 0 unspecified atom stereocenters. The van der Waals surface area contributed by atoms with Gasteiger partial charge in [0.2, 0.25) is 0 Å². The molecule has 21 heavy (non-hydrogen) atoms. The van der Waals surface area contributed by atoms with Crippen molar-refractivity contribution in [2.75, 3.05) is 21.3 Å². The molecule has 1 aromatic carbocycles.